The van der Waals surface area contributed by atoms with Gasteiger partial charge < -0.3 is 10.5 Å². The van der Waals surface area contributed by atoms with Crippen LogP contribution in [0.15, 0.2) is 53.0 Å². The predicted octanol–water partition coefficient (Wildman–Crippen LogP) is 3.38. The van der Waals surface area contributed by atoms with Crippen molar-refractivity contribution in [3.8, 4) is 11.8 Å². The Labute approximate surface area is 136 Å². The third-order valence-electron chi connectivity index (χ3n) is 2.83. The standard InChI is InChI=1S/C17H13BrN2O2/c18-15-3-1-2-13(9-15)14(10-19)8-12-4-6-16(7-5-12)22-11-17(20)21/h1-9H,11H2,(H2,20,21)/b14-8-. The average molecular weight is 357 g/mol. The summed E-state index contributed by atoms with van der Waals surface area (Å²) in [6.45, 7) is -0.156. The van der Waals surface area contributed by atoms with Crippen molar-refractivity contribution in [2.75, 3.05) is 6.61 Å². The first-order valence-electron chi connectivity index (χ1n) is 6.47. The second-order valence-corrected chi connectivity index (χ2v) is 5.42. The van der Waals surface area contributed by atoms with Gasteiger partial charge in [0.25, 0.3) is 5.91 Å². The topological polar surface area (TPSA) is 76.1 Å². The summed E-state index contributed by atoms with van der Waals surface area (Å²) in [5.41, 5.74) is 7.28. The van der Waals surface area contributed by atoms with Crippen molar-refractivity contribution in [1.29, 1.82) is 5.26 Å². The first kappa shape index (κ1) is 15.8. The summed E-state index contributed by atoms with van der Waals surface area (Å²) in [4.78, 5) is 10.7. The molecule has 5 heteroatoms. The summed E-state index contributed by atoms with van der Waals surface area (Å²) in [5, 5.41) is 9.32. The molecule has 0 aliphatic rings. The molecule has 1 amide bonds. The Kier molecular flexibility index (Phi) is 5.34. The Balaban J connectivity index is 2.20. The second-order valence-electron chi connectivity index (χ2n) is 4.50. The van der Waals surface area contributed by atoms with Crippen molar-refractivity contribution in [3.63, 3.8) is 0 Å². The molecule has 0 saturated heterocycles. The number of carbonyl (C=O) groups excluding carboxylic acids is 1. The number of allylic oxidation sites excluding steroid dienone is 1. The van der Waals surface area contributed by atoms with E-state index in [0.717, 1.165) is 15.6 Å². The molecule has 0 unspecified atom stereocenters. The lowest BCUT2D eigenvalue weighted by molar-refractivity contribution is -0.119. The number of halogens is 1. The summed E-state index contributed by atoms with van der Waals surface area (Å²) in [5.74, 6) is 0.0299. The fourth-order valence-electron chi connectivity index (χ4n) is 1.82. The van der Waals surface area contributed by atoms with Gasteiger partial charge in [-0.2, -0.15) is 5.26 Å². The molecule has 0 fully saturated rings. The molecule has 0 aliphatic heterocycles. The third kappa shape index (κ3) is 4.47. The summed E-state index contributed by atoms with van der Waals surface area (Å²) >= 11 is 3.39. The highest BCUT2D eigenvalue weighted by Gasteiger charge is 2.02. The van der Waals surface area contributed by atoms with Crippen molar-refractivity contribution in [3.05, 3.63) is 64.1 Å². The molecule has 0 bridgehead atoms. The highest BCUT2D eigenvalue weighted by molar-refractivity contribution is 9.10. The molecule has 2 rings (SSSR count). The molecule has 0 saturated carbocycles. The van der Waals surface area contributed by atoms with Crippen LogP contribution in [0.4, 0.5) is 0 Å². The molecule has 0 aliphatic carbocycles. The molecular formula is C17H13BrN2O2. The maximum atomic E-state index is 10.7. The van der Waals surface area contributed by atoms with E-state index in [-0.39, 0.29) is 6.61 Å². The van der Waals surface area contributed by atoms with Crippen LogP contribution in [-0.4, -0.2) is 12.5 Å². The SMILES string of the molecule is N#C/C(=C/c1ccc(OCC(N)=O)cc1)c1cccc(Br)c1. The van der Waals surface area contributed by atoms with Gasteiger partial charge in [-0.05, 0) is 41.5 Å². The molecule has 0 atom stereocenters. The van der Waals surface area contributed by atoms with Gasteiger partial charge in [-0.25, -0.2) is 0 Å². The Morgan fingerprint density at radius 3 is 2.59 bits per heavy atom. The lowest BCUT2D eigenvalue weighted by Crippen LogP contribution is -2.19. The minimum atomic E-state index is -0.523. The number of nitrogens with two attached hydrogens (primary N) is 1. The zero-order valence-corrected chi connectivity index (χ0v) is 13.2. The lowest BCUT2D eigenvalue weighted by Gasteiger charge is -2.04. The van der Waals surface area contributed by atoms with Gasteiger partial charge in [0.15, 0.2) is 6.61 Å². The van der Waals surface area contributed by atoms with Gasteiger partial charge in [-0.15, -0.1) is 0 Å². The van der Waals surface area contributed by atoms with E-state index >= 15 is 0 Å². The molecule has 4 nitrogen and oxygen atoms in total. The number of benzene rings is 2. The van der Waals surface area contributed by atoms with Crippen LogP contribution in [-0.2, 0) is 4.79 Å². The van der Waals surface area contributed by atoms with Crippen LogP contribution < -0.4 is 10.5 Å². The fraction of sp³-hybridized carbons (Fsp3) is 0.0588. The number of nitriles is 1. The molecule has 0 heterocycles. The van der Waals surface area contributed by atoms with E-state index in [1.165, 1.54) is 0 Å². The van der Waals surface area contributed by atoms with Crippen molar-refractivity contribution < 1.29 is 9.53 Å². The molecule has 0 spiro atoms. The van der Waals surface area contributed by atoms with Gasteiger partial charge in [0.2, 0.25) is 0 Å². The summed E-state index contributed by atoms with van der Waals surface area (Å²) in [6.07, 6.45) is 1.79. The number of amides is 1. The highest BCUT2D eigenvalue weighted by atomic mass is 79.9. The summed E-state index contributed by atoms with van der Waals surface area (Å²) in [6, 6.07) is 16.8. The zero-order chi connectivity index (χ0) is 15.9. The number of carbonyl (C=O) groups is 1. The van der Waals surface area contributed by atoms with E-state index in [0.29, 0.717) is 11.3 Å². The first-order valence-corrected chi connectivity index (χ1v) is 7.26. The van der Waals surface area contributed by atoms with Crippen LogP contribution in [0, 0.1) is 11.3 Å². The Morgan fingerprint density at radius 2 is 2.00 bits per heavy atom. The van der Waals surface area contributed by atoms with Crippen LogP contribution in [0.2, 0.25) is 0 Å². The van der Waals surface area contributed by atoms with Gasteiger partial charge in [0, 0.05) is 4.47 Å². The Morgan fingerprint density at radius 1 is 1.27 bits per heavy atom. The normalized spacial score (nSPS) is 10.8. The van der Waals surface area contributed by atoms with E-state index in [9.17, 15) is 10.1 Å². The number of nitrogens with zero attached hydrogens (tertiary/aromatic N) is 1. The minimum Gasteiger partial charge on any atom is -0.484 e. The monoisotopic (exact) mass is 356 g/mol. The van der Waals surface area contributed by atoms with Crippen LogP contribution in [0.1, 0.15) is 11.1 Å². The lowest BCUT2D eigenvalue weighted by atomic mass is 10.0. The first-order chi connectivity index (χ1) is 10.6. The van der Waals surface area contributed by atoms with Gasteiger partial charge in [0.05, 0.1) is 11.6 Å². The molecule has 0 radical (unpaired) electrons. The van der Waals surface area contributed by atoms with Crippen LogP contribution >= 0.6 is 15.9 Å². The molecular weight excluding hydrogens is 344 g/mol. The van der Waals surface area contributed by atoms with Crippen LogP contribution in [0.25, 0.3) is 11.6 Å². The van der Waals surface area contributed by atoms with Gasteiger partial charge >= 0.3 is 0 Å². The van der Waals surface area contributed by atoms with E-state index in [1.807, 2.05) is 36.4 Å². The molecule has 2 aromatic carbocycles. The molecule has 22 heavy (non-hydrogen) atoms. The Hall–Kier alpha value is -2.58. The van der Waals surface area contributed by atoms with E-state index < -0.39 is 5.91 Å². The number of hydrogen-bond donors (Lipinski definition) is 1. The minimum absolute atomic E-state index is 0.156. The zero-order valence-electron chi connectivity index (χ0n) is 11.6. The Bertz CT molecular complexity index is 746. The maximum Gasteiger partial charge on any atom is 0.255 e. The molecule has 2 N–H and O–H groups in total. The third-order valence-corrected chi connectivity index (χ3v) is 3.32. The van der Waals surface area contributed by atoms with Crippen molar-refractivity contribution in [1.82, 2.24) is 0 Å². The number of ether oxygens (including phenoxy) is 1. The molecule has 110 valence electrons. The fourth-order valence-corrected chi connectivity index (χ4v) is 2.22. The highest BCUT2D eigenvalue weighted by Crippen LogP contribution is 2.22. The van der Waals surface area contributed by atoms with Gasteiger partial charge in [-0.1, -0.05) is 40.2 Å². The van der Waals surface area contributed by atoms with E-state index in [2.05, 4.69) is 22.0 Å². The summed E-state index contributed by atoms with van der Waals surface area (Å²) in [7, 11) is 0. The smallest absolute Gasteiger partial charge is 0.255 e. The molecule has 0 aromatic heterocycles. The number of hydrogen-bond acceptors (Lipinski definition) is 3. The average Bonchev–Trinajstić information content (AvgIpc) is 2.51. The predicted molar refractivity (Wildman–Crippen MR) is 88.8 cm³/mol. The quantitative estimate of drug-likeness (QED) is 0.658. The van der Waals surface area contributed by atoms with Gasteiger partial charge in [0.1, 0.15) is 5.75 Å². The largest absolute Gasteiger partial charge is 0.484 e. The van der Waals surface area contributed by atoms with Gasteiger partial charge in [-0.3, -0.25) is 4.79 Å². The molecule has 2 aromatic rings. The van der Waals surface area contributed by atoms with Crippen molar-refractivity contribution in [2.24, 2.45) is 5.73 Å². The van der Waals surface area contributed by atoms with Crippen LogP contribution in [0.5, 0.6) is 5.75 Å². The van der Waals surface area contributed by atoms with Crippen LogP contribution in [0.3, 0.4) is 0 Å². The maximum absolute atomic E-state index is 10.7. The van der Waals surface area contributed by atoms with Crippen molar-refractivity contribution >= 4 is 33.5 Å². The van der Waals surface area contributed by atoms with E-state index in [4.69, 9.17) is 10.5 Å². The number of rotatable bonds is 5. The van der Waals surface area contributed by atoms with E-state index in [1.54, 1.807) is 18.2 Å². The summed E-state index contributed by atoms with van der Waals surface area (Å²) < 4.78 is 6.11. The number of primary amides is 1. The van der Waals surface area contributed by atoms with Crippen molar-refractivity contribution in [2.45, 2.75) is 0 Å². The second kappa shape index (κ2) is 7.43.